The summed E-state index contributed by atoms with van der Waals surface area (Å²) < 4.78 is 40.0. The summed E-state index contributed by atoms with van der Waals surface area (Å²) in [7, 11) is 0. The molecule has 184 valence electrons. The molecular weight excluding hydrogens is 541 g/mol. The third-order valence-corrected chi connectivity index (χ3v) is 6.53. The molecule has 2 amide bonds. The van der Waals surface area contributed by atoms with E-state index in [2.05, 4.69) is 43.1 Å². The molecular formula is C24H18BrF3N6O2. The highest BCUT2D eigenvalue weighted by Gasteiger charge is 2.36. The molecule has 2 aromatic heterocycles. The molecule has 36 heavy (non-hydrogen) atoms. The smallest absolute Gasteiger partial charge is 0.354 e. The molecule has 1 fully saturated rings. The summed E-state index contributed by atoms with van der Waals surface area (Å²) in [6.45, 7) is 3.76. The van der Waals surface area contributed by atoms with Gasteiger partial charge in [-0.25, -0.2) is 4.98 Å². The van der Waals surface area contributed by atoms with E-state index in [4.69, 9.17) is 0 Å². The number of hydrogen-bond donors (Lipinski definition) is 2. The van der Waals surface area contributed by atoms with Crippen LogP contribution >= 0.6 is 15.9 Å². The minimum atomic E-state index is -4.55. The molecule has 0 aliphatic carbocycles. The highest BCUT2D eigenvalue weighted by molar-refractivity contribution is 9.10. The molecule has 0 unspecified atom stereocenters. The molecule has 8 nitrogen and oxygen atoms in total. The number of nitrogens with one attached hydrogen (secondary N) is 2. The summed E-state index contributed by atoms with van der Waals surface area (Å²) in [6.07, 6.45) is -0.0449. The maximum atomic E-state index is 13.1. The maximum absolute atomic E-state index is 13.1. The summed E-state index contributed by atoms with van der Waals surface area (Å²) in [5.74, 6) is 0.312. The predicted molar refractivity (Wildman–Crippen MR) is 132 cm³/mol. The lowest BCUT2D eigenvalue weighted by Crippen LogP contribution is -2.24. The van der Waals surface area contributed by atoms with Crippen LogP contribution in [-0.2, 0) is 22.2 Å². The van der Waals surface area contributed by atoms with Gasteiger partial charge < -0.3 is 15.5 Å². The van der Waals surface area contributed by atoms with E-state index in [0.29, 0.717) is 34.5 Å². The van der Waals surface area contributed by atoms with E-state index in [1.54, 1.807) is 24.4 Å². The first kappa shape index (κ1) is 23.8. The van der Waals surface area contributed by atoms with Crippen molar-refractivity contribution < 1.29 is 22.8 Å². The largest absolute Gasteiger partial charge is 0.417 e. The van der Waals surface area contributed by atoms with Gasteiger partial charge in [-0.1, -0.05) is 6.58 Å². The number of carbonyl (C=O) groups is 2. The lowest BCUT2D eigenvalue weighted by atomic mass is 10.0. The van der Waals surface area contributed by atoms with Crippen molar-refractivity contribution in [2.75, 3.05) is 27.0 Å². The first-order chi connectivity index (χ1) is 17.1. The molecule has 0 radical (unpaired) electrons. The van der Waals surface area contributed by atoms with E-state index < -0.39 is 11.7 Å². The van der Waals surface area contributed by atoms with Crippen LogP contribution in [0.15, 0.2) is 65.8 Å². The Morgan fingerprint density at radius 1 is 1.06 bits per heavy atom. The molecule has 0 atom stereocenters. The van der Waals surface area contributed by atoms with Gasteiger partial charge in [0, 0.05) is 34.5 Å². The second-order valence-corrected chi connectivity index (χ2v) is 9.04. The summed E-state index contributed by atoms with van der Waals surface area (Å²) in [5.41, 5.74) is 2.10. The SMILES string of the molecule is C=C1N(c2cncc(C(F)(F)F)c2)CC(=O)N1c1ccc(Nc2ccnc3c2CCC(=O)N3)c(Br)c1. The number of amides is 2. The van der Waals surface area contributed by atoms with Crippen LogP contribution < -0.4 is 20.4 Å². The van der Waals surface area contributed by atoms with Crippen molar-refractivity contribution in [1.82, 2.24) is 9.97 Å². The number of anilines is 5. The van der Waals surface area contributed by atoms with Gasteiger partial charge in [0.05, 0.1) is 28.8 Å². The van der Waals surface area contributed by atoms with Gasteiger partial charge in [-0.05, 0) is 52.7 Å². The summed E-state index contributed by atoms with van der Waals surface area (Å²) in [6, 6.07) is 7.94. The predicted octanol–water partition coefficient (Wildman–Crippen LogP) is 5.21. The molecule has 0 spiro atoms. The molecule has 2 aliphatic rings. The molecule has 0 bridgehead atoms. The number of nitrogens with zero attached hydrogens (tertiary/aromatic N) is 4. The first-order valence-electron chi connectivity index (χ1n) is 10.8. The maximum Gasteiger partial charge on any atom is 0.417 e. The Bertz CT molecular complexity index is 1410. The van der Waals surface area contributed by atoms with Crippen LogP contribution in [0.25, 0.3) is 0 Å². The molecule has 4 heterocycles. The van der Waals surface area contributed by atoms with Crippen molar-refractivity contribution in [2.24, 2.45) is 0 Å². The van der Waals surface area contributed by atoms with Crippen LogP contribution in [0.2, 0.25) is 0 Å². The van der Waals surface area contributed by atoms with Crippen molar-refractivity contribution in [3.8, 4) is 0 Å². The normalized spacial score (nSPS) is 15.7. The zero-order valence-electron chi connectivity index (χ0n) is 18.6. The zero-order chi connectivity index (χ0) is 25.6. The Morgan fingerprint density at radius 2 is 1.86 bits per heavy atom. The minimum absolute atomic E-state index is 0.0804. The number of pyridine rings is 2. The fourth-order valence-electron chi connectivity index (χ4n) is 4.12. The number of benzene rings is 1. The number of carbonyl (C=O) groups excluding carboxylic acids is 2. The highest BCUT2D eigenvalue weighted by atomic mass is 79.9. The lowest BCUT2D eigenvalue weighted by molar-refractivity contribution is -0.137. The fraction of sp³-hybridized carbons (Fsp3) is 0.167. The van der Waals surface area contributed by atoms with Crippen molar-refractivity contribution in [3.05, 3.63) is 76.9 Å². The van der Waals surface area contributed by atoms with E-state index in [9.17, 15) is 22.8 Å². The molecule has 1 saturated heterocycles. The number of halogens is 4. The van der Waals surface area contributed by atoms with Gasteiger partial charge in [0.15, 0.2) is 0 Å². The Morgan fingerprint density at radius 3 is 2.61 bits per heavy atom. The molecule has 12 heteroatoms. The molecule has 5 rings (SSSR count). The Balaban J connectivity index is 1.39. The monoisotopic (exact) mass is 558 g/mol. The average Bonchev–Trinajstić information content (AvgIpc) is 3.13. The van der Waals surface area contributed by atoms with Crippen LogP contribution in [0.4, 0.5) is 41.7 Å². The van der Waals surface area contributed by atoms with Crippen LogP contribution in [-0.4, -0.2) is 28.3 Å². The van der Waals surface area contributed by atoms with E-state index in [1.165, 1.54) is 16.0 Å². The van der Waals surface area contributed by atoms with Crippen LogP contribution in [0.5, 0.6) is 0 Å². The van der Waals surface area contributed by atoms with E-state index in [1.807, 2.05) is 6.07 Å². The van der Waals surface area contributed by atoms with E-state index in [0.717, 1.165) is 23.5 Å². The lowest BCUT2D eigenvalue weighted by Gasteiger charge is -2.23. The highest BCUT2D eigenvalue weighted by Crippen LogP contribution is 2.38. The molecule has 1 aromatic carbocycles. The average molecular weight is 559 g/mol. The molecule has 2 aliphatic heterocycles. The summed E-state index contributed by atoms with van der Waals surface area (Å²) >= 11 is 3.52. The van der Waals surface area contributed by atoms with Crippen molar-refractivity contribution >= 4 is 56.3 Å². The molecule has 0 saturated carbocycles. The standard InChI is InChI=1S/C24H18BrF3N6O2/c1-13-33(16-8-14(10-29-11-16)24(26,27)28)12-22(36)34(13)15-2-4-20(18(25)9-15)31-19-6-7-30-23-17(19)3-5-21(35)32-23/h2,4,6-11H,1,3,5,12H2,(H2,30,31,32,35). The number of hydrogen-bond acceptors (Lipinski definition) is 6. The third-order valence-electron chi connectivity index (χ3n) is 5.87. The van der Waals surface area contributed by atoms with Gasteiger partial charge in [0.1, 0.15) is 18.2 Å². The van der Waals surface area contributed by atoms with Gasteiger partial charge in [0.25, 0.3) is 5.91 Å². The first-order valence-corrected chi connectivity index (χ1v) is 11.6. The summed E-state index contributed by atoms with van der Waals surface area (Å²) in [5, 5.41) is 6.08. The number of alkyl halides is 3. The topological polar surface area (TPSA) is 90.5 Å². The Hall–Kier alpha value is -3.93. The van der Waals surface area contributed by atoms with Gasteiger partial charge in [0.2, 0.25) is 5.91 Å². The second-order valence-electron chi connectivity index (χ2n) is 8.18. The molecule has 2 N–H and O–H groups in total. The number of fused-ring (bicyclic) bond motifs is 1. The number of aromatic nitrogens is 2. The van der Waals surface area contributed by atoms with Gasteiger partial charge in [-0.15, -0.1) is 0 Å². The second kappa shape index (κ2) is 8.94. The van der Waals surface area contributed by atoms with Gasteiger partial charge in [-0.2, -0.15) is 13.2 Å². The van der Waals surface area contributed by atoms with Crippen molar-refractivity contribution in [2.45, 2.75) is 19.0 Å². The third kappa shape index (κ3) is 4.39. The van der Waals surface area contributed by atoms with Gasteiger partial charge in [-0.3, -0.25) is 19.5 Å². The van der Waals surface area contributed by atoms with Crippen LogP contribution in [0.3, 0.4) is 0 Å². The van der Waals surface area contributed by atoms with E-state index >= 15 is 0 Å². The van der Waals surface area contributed by atoms with Crippen molar-refractivity contribution in [1.29, 1.82) is 0 Å². The quantitative estimate of drug-likeness (QED) is 0.457. The Labute approximate surface area is 212 Å². The molecule has 3 aromatic rings. The Kier molecular flexibility index (Phi) is 5.91. The zero-order valence-corrected chi connectivity index (χ0v) is 20.2. The summed E-state index contributed by atoms with van der Waals surface area (Å²) in [4.78, 5) is 35.1. The minimum Gasteiger partial charge on any atom is -0.354 e. The van der Waals surface area contributed by atoms with Crippen LogP contribution in [0.1, 0.15) is 17.5 Å². The number of rotatable bonds is 4. The van der Waals surface area contributed by atoms with Gasteiger partial charge >= 0.3 is 6.18 Å². The van der Waals surface area contributed by atoms with Crippen LogP contribution in [0, 0.1) is 0 Å². The van der Waals surface area contributed by atoms with E-state index in [-0.39, 0.29) is 29.9 Å². The van der Waals surface area contributed by atoms with Crippen molar-refractivity contribution in [3.63, 3.8) is 0 Å². The fourth-order valence-corrected chi connectivity index (χ4v) is 4.58.